The Hall–Kier alpha value is -3.18. The van der Waals surface area contributed by atoms with Crippen LogP contribution in [0.3, 0.4) is 0 Å². The molecule has 3 atom stereocenters. The van der Waals surface area contributed by atoms with Gasteiger partial charge in [0.2, 0.25) is 17.7 Å². The maximum atomic E-state index is 13.4. The van der Waals surface area contributed by atoms with Gasteiger partial charge in [-0.25, -0.2) is 0 Å². The third kappa shape index (κ3) is 7.15. The highest BCUT2D eigenvalue weighted by Gasteiger charge is 2.33. The quantitative estimate of drug-likeness (QED) is 0.432. The molecule has 2 aliphatic heterocycles. The molecular formula is C24H35N5O6. The van der Waals surface area contributed by atoms with E-state index in [1.54, 1.807) is 29.2 Å². The Labute approximate surface area is 205 Å². The fourth-order valence-corrected chi connectivity index (χ4v) is 4.12. The SMILES string of the molecule is CCN1CCN(C(=O)[C@@H]2CC(=O)N[C@@H]([C@@H](C)O)C(=O)NCCCOc3ccccc3C(=O)N2)CC1. The number of aliphatic hydroxyl groups excluding tert-OH is 1. The first-order chi connectivity index (χ1) is 16.8. The molecule has 11 nitrogen and oxygen atoms in total. The molecule has 35 heavy (non-hydrogen) atoms. The zero-order valence-electron chi connectivity index (χ0n) is 20.3. The number of nitrogens with one attached hydrogen (secondary N) is 3. The summed E-state index contributed by atoms with van der Waals surface area (Å²) in [5, 5.41) is 17.9. The summed E-state index contributed by atoms with van der Waals surface area (Å²) in [4.78, 5) is 55.8. The third-order valence-corrected chi connectivity index (χ3v) is 6.22. The topological polar surface area (TPSA) is 140 Å². The molecule has 11 heteroatoms. The molecule has 0 radical (unpaired) electrons. The molecule has 192 valence electrons. The number of amides is 4. The molecule has 0 aromatic heterocycles. The second kappa shape index (κ2) is 12.5. The van der Waals surface area contributed by atoms with Crippen molar-refractivity contribution in [2.24, 2.45) is 0 Å². The van der Waals surface area contributed by atoms with Crippen LogP contribution in [0.2, 0.25) is 0 Å². The van der Waals surface area contributed by atoms with E-state index >= 15 is 0 Å². The van der Waals surface area contributed by atoms with Gasteiger partial charge in [-0.3, -0.25) is 19.2 Å². The van der Waals surface area contributed by atoms with Crippen LogP contribution in [0.1, 0.15) is 37.0 Å². The standard InChI is InChI=1S/C24H35N5O6/c1-3-28-10-12-29(13-11-28)24(34)18-15-20(31)27-21(16(2)30)23(33)25-9-6-14-35-19-8-5-4-7-17(19)22(32)26-18/h4-5,7-8,16,18,21,30H,3,6,9-15H2,1-2H3,(H,25,33)(H,26,32)(H,27,31)/t16-,18+,21+/m1/s1. The van der Waals surface area contributed by atoms with Gasteiger partial charge in [-0.1, -0.05) is 19.1 Å². The molecule has 0 aliphatic carbocycles. The fraction of sp³-hybridized carbons (Fsp3) is 0.583. The Morgan fingerprint density at radius 1 is 1.14 bits per heavy atom. The van der Waals surface area contributed by atoms with Gasteiger partial charge in [0.05, 0.1) is 24.7 Å². The Morgan fingerprint density at radius 3 is 2.54 bits per heavy atom. The molecule has 1 aromatic carbocycles. The van der Waals surface area contributed by atoms with Gasteiger partial charge in [0.15, 0.2) is 0 Å². The molecule has 2 heterocycles. The summed E-state index contributed by atoms with van der Waals surface area (Å²) in [6.45, 7) is 7.21. The van der Waals surface area contributed by atoms with Crippen LogP contribution in [0.25, 0.3) is 0 Å². The van der Waals surface area contributed by atoms with E-state index < -0.39 is 35.9 Å². The Balaban J connectivity index is 1.86. The molecule has 4 N–H and O–H groups in total. The molecule has 0 spiro atoms. The lowest BCUT2D eigenvalue weighted by atomic mass is 10.1. The van der Waals surface area contributed by atoms with Gasteiger partial charge in [0.25, 0.3) is 5.91 Å². The molecule has 1 saturated heterocycles. The summed E-state index contributed by atoms with van der Waals surface area (Å²) in [5.74, 6) is -1.72. The van der Waals surface area contributed by atoms with Gasteiger partial charge in [0, 0.05) is 32.7 Å². The number of nitrogens with zero attached hydrogens (tertiary/aromatic N) is 2. The highest BCUT2D eigenvalue weighted by molar-refractivity contribution is 6.01. The second-order valence-electron chi connectivity index (χ2n) is 8.76. The largest absolute Gasteiger partial charge is 0.493 e. The molecule has 1 fully saturated rings. The highest BCUT2D eigenvalue weighted by Crippen LogP contribution is 2.19. The molecule has 0 bridgehead atoms. The Morgan fingerprint density at radius 2 is 1.86 bits per heavy atom. The number of fused-ring (bicyclic) bond motifs is 1. The molecular weight excluding hydrogens is 454 g/mol. The van der Waals surface area contributed by atoms with E-state index in [-0.39, 0.29) is 31.0 Å². The number of carbonyl (C=O) groups is 4. The van der Waals surface area contributed by atoms with Crippen molar-refractivity contribution in [3.8, 4) is 5.75 Å². The van der Waals surface area contributed by atoms with E-state index in [0.29, 0.717) is 38.3 Å². The highest BCUT2D eigenvalue weighted by atomic mass is 16.5. The molecule has 0 unspecified atom stereocenters. The van der Waals surface area contributed by atoms with Crippen LogP contribution in [0.4, 0.5) is 0 Å². The number of hydrogen-bond donors (Lipinski definition) is 4. The van der Waals surface area contributed by atoms with E-state index in [9.17, 15) is 24.3 Å². The van der Waals surface area contributed by atoms with Crippen LogP contribution in [0.15, 0.2) is 24.3 Å². The average molecular weight is 490 g/mol. The first-order valence-corrected chi connectivity index (χ1v) is 12.1. The minimum atomic E-state index is -1.19. The van der Waals surface area contributed by atoms with Gasteiger partial charge in [0.1, 0.15) is 17.8 Å². The Kier molecular flexibility index (Phi) is 9.44. The number of rotatable bonds is 3. The van der Waals surface area contributed by atoms with E-state index in [2.05, 4.69) is 27.8 Å². The predicted molar refractivity (Wildman–Crippen MR) is 128 cm³/mol. The minimum Gasteiger partial charge on any atom is -0.493 e. The van der Waals surface area contributed by atoms with E-state index in [1.807, 2.05) is 0 Å². The second-order valence-corrected chi connectivity index (χ2v) is 8.76. The number of ether oxygens (including phenoxy) is 1. The van der Waals surface area contributed by atoms with Crippen molar-refractivity contribution in [3.05, 3.63) is 29.8 Å². The molecule has 1 aromatic rings. The number of carbonyl (C=O) groups excluding carboxylic acids is 4. The van der Waals surface area contributed by atoms with Crippen LogP contribution in [0, 0.1) is 0 Å². The average Bonchev–Trinajstić information content (AvgIpc) is 2.86. The van der Waals surface area contributed by atoms with E-state index in [0.717, 1.165) is 6.54 Å². The maximum Gasteiger partial charge on any atom is 0.255 e. The summed E-state index contributed by atoms with van der Waals surface area (Å²) >= 11 is 0. The van der Waals surface area contributed by atoms with Crippen molar-refractivity contribution in [3.63, 3.8) is 0 Å². The van der Waals surface area contributed by atoms with Gasteiger partial charge in [-0.2, -0.15) is 0 Å². The van der Waals surface area contributed by atoms with Crippen LogP contribution in [0.5, 0.6) is 5.75 Å². The van der Waals surface area contributed by atoms with Gasteiger partial charge >= 0.3 is 0 Å². The Bertz CT molecular complexity index is 915. The maximum absolute atomic E-state index is 13.4. The van der Waals surface area contributed by atoms with Crippen LogP contribution < -0.4 is 20.7 Å². The lowest BCUT2D eigenvalue weighted by Crippen LogP contribution is -2.57. The van der Waals surface area contributed by atoms with Crippen molar-refractivity contribution in [1.29, 1.82) is 0 Å². The lowest BCUT2D eigenvalue weighted by Gasteiger charge is -2.36. The van der Waals surface area contributed by atoms with Crippen LogP contribution >= 0.6 is 0 Å². The zero-order chi connectivity index (χ0) is 25.4. The summed E-state index contributed by atoms with van der Waals surface area (Å²) < 4.78 is 5.76. The van der Waals surface area contributed by atoms with Gasteiger partial charge in [-0.05, 0) is 32.0 Å². The molecule has 4 amide bonds. The summed E-state index contributed by atoms with van der Waals surface area (Å²) in [6.07, 6.45) is -1.08. The number of benzene rings is 1. The first-order valence-electron chi connectivity index (χ1n) is 12.1. The summed E-state index contributed by atoms with van der Waals surface area (Å²) in [7, 11) is 0. The number of likely N-dealkylation sites (N-methyl/N-ethyl adjacent to an activating group) is 1. The van der Waals surface area contributed by atoms with Gasteiger partial charge in [-0.15, -0.1) is 0 Å². The summed E-state index contributed by atoms with van der Waals surface area (Å²) in [5.41, 5.74) is 0.252. The van der Waals surface area contributed by atoms with Crippen molar-refractivity contribution in [1.82, 2.24) is 25.8 Å². The lowest BCUT2D eigenvalue weighted by molar-refractivity contribution is -0.138. The monoisotopic (exact) mass is 489 g/mol. The van der Waals surface area contributed by atoms with Crippen molar-refractivity contribution >= 4 is 23.6 Å². The van der Waals surface area contributed by atoms with Crippen molar-refractivity contribution in [2.45, 2.75) is 44.9 Å². The number of aliphatic hydroxyl groups is 1. The summed E-state index contributed by atoms with van der Waals surface area (Å²) in [6, 6.07) is 4.34. The normalized spacial score (nSPS) is 24.0. The fourth-order valence-electron chi connectivity index (χ4n) is 4.12. The van der Waals surface area contributed by atoms with Crippen LogP contribution in [-0.2, 0) is 14.4 Å². The number of piperazine rings is 1. The van der Waals surface area contributed by atoms with E-state index in [4.69, 9.17) is 4.74 Å². The van der Waals surface area contributed by atoms with Gasteiger partial charge < -0.3 is 35.6 Å². The smallest absolute Gasteiger partial charge is 0.255 e. The zero-order valence-corrected chi connectivity index (χ0v) is 20.3. The van der Waals surface area contributed by atoms with Crippen LogP contribution in [-0.4, -0.2) is 103 Å². The molecule has 2 aliphatic rings. The molecule has 3 rings (SSSR count). The number of hydrogen-bond acceptors (Lipinski definition) is 7. The third-order valence-electron chi connectivity index (χ3n) is 6.22. The van der Waals surface area contributed by atoms with E-state index in [1.165, 1.54) is 6.92 Å². The number of para-hydroxylation sites is 1. The minimum absolute atomic E-state index is 0.236. The first kappa shape index (κ1) is 26.4. The van der Waals surface area contributed by atoms with Crippen molar-refractivity contribution < 1.29 is 29.0 Å². The predicted octanol–water partition coefficient (Wildman–Crippen LogP) is -0.896. The van der Waals surface area contributed by atoms with Crippen molar-refractivity contribution in [2.75, 3.05) is 45.9 Å². The molecule has 0 saturated carbocycles.